The molecule has 0 aliphatic carbocycles. The zero-order valence-electron chi connectivity index (χ0n) is 11.2. The highest BCUT2D eigenvalue weighted by atomic mass is 35.5. The Balaban J connectivity index is 1.66. The number of alkyl halides is 1. The van der Waals surface area contributed by atoms with Gasteiger partial charge in [0.05, 0.1) is 5.54 Å². The quantitative estimate of drug-likeness (QED) is 0.867. The largest absolute Gasteiger partial charge is 0.480 e. The summed E-state index contributed by atoms with van der Waals surface area (Å²) >= 11 is 6.07. The third kappa shape index (κ3) is 2.63. The minimum Gasteiger partial charge on any atom is -0.480 e. The molecule has 5 heteroatoms. The van der Waals surface area contributed by atoms with Crippen molar-refractivity contribution in [2.24, 2.45) is 0 Å². The minimum absolute atomic E-state index is 0.0799. The first-order chi connectivity index (χ1) is 9.72. The lowest BCUT2D eigenvalue weighted by Crippen LogP contribution is -2.56. The van der Waals surface area contributed by atoms with Crippen LogP contribution >= 0.6 is 11.6 Å². The highest BCUT2D eigenvalue weighted by Gasteiger charge is 2.37. The molecule has 2 heterocycles. The van der Waals surface area contributed by atoms with Crippen molar-refractivity contribution in [1.82, 2.24) is 5.32 Å². The van der Waals surface area contributed by atoms with Crippen LogP contribution in [-0.2, 0) is 16.0 Å². The number of benzene rings is 1. The molecule has 2 aliphatic rings. The van der Waals surface area contributed by atoms with Crippen LogP contribution in [0.1, 0.15) is 18.4 Å². The standard InChI is InChI=1S/C15H18ClNO3/c16-10-15(5-7-19-8-6-15)17-14(18)13-9-11-3-1-2-4-12(11)20-13/h1-4,13H,5-10H2,(H,17,18). The van der Waals surface area contributed by atoms with Crippen LogP contribution in [0.4, 0.5) is 0 Å². The van der Waals surface area contributed by atoms with Crippen LogP contribution in [0.25, 0.3) is 0 Å². The van der Waals surface area contributed by atoms with Crippen LogP contribution in [0.5, 0.6) is 5.75 Å². The maximum absolute atomic E-state index is 12.4. The fourth-order valence-corrected chi connectivity index (χ4v) is 3.06. The number of ether oxygens (including phenoxy) is 2. The lowest BCUT2D eigenvalue weighted by Gasteiger charge is -2.36. The fourth-order valence-electron chi connectivity index (χ4n) is 2.72. The van der Waals surface area contributed by atoms with E-state index in [1.165, 1.54) is 0 Å². The Morgan fingerprint density at radius 3 is 2.80 bits per heavy atom. The van der Waals surface area contributed by atoms with Gasteiger partial charge in [-0.05, 0) is 24.5 Å². The lowest BCUT2D eigenvalue weighted by molar-refractivity contribution is -0.130. The molecule has 1 N–H and O–H groups in total. The summed E-state index contributed by atoms with van der Waals surface area (Å²) in [6.07, 6.45) is 1.68. The van der Waals surface area contributed by atoms with E-state index in [0.29, 0.717) is 25.5 Å². The van der Waals surface area contributed by atoms with E-state index in [-0.39, 0.29) is 11.4 Å². The Morgan fingerprint density at radius 1 is 1.35 bits per heavy atom. The van der Waals surface area contributed by atoms with E-state index in [4.69, 9.17) is 21.1 Å². The highest BCUT2D eigenvalue weighted by molar-refractivity contribution is 6.18. The van der Waals surface area contributed by atoms with Crippen molar-refractivity contribution in [3.8, 4) is 5.75 Å². The van der Waals surface area contributed by atoms with Gasteiger partial charge in [0.1, 0.15) is 5.75 Å². The van der Waals surface area contributed by atoms with Gasteiger partial charge in [-0.25, -0.2) is 0 Å². The Bertz CT molecular complexity index is 475. The molecule has 0 aromatic heterocycles. The monoisotopic (exact) mass is 295 g/mol. The van der Waals surface area contributed by atoms with Crippen molar-refractivity contribution in [3.63, 3.8) is 0 Å². The maximum Gasteiger partial charge on any atom is 0.261 e. The first-order valence-electron chi connectivity index (χ1n) is 6.93. The normalized spacial score (nSPS) is 23.8. The lowest BCUT2D eigenvalue weighted by atomic mass is 9.91. The van der Waals surface area contributed by atoms with E-state index in [1.54, 1.807) is 0 Å². The van der Waals surface area contributed by atoms with Crippen LogP contribution in [0.3, 0.4) is 0 Å². The molecule has 1 amide bonds. The zero-order valence-corrected chi connectivity index (χ0v) is 12.0. The Hall–Kier alpha value is -1.26. The zero-order chi connectivity index (χ0) is 14.0. The van der Waals surface area contributed by atoms with Gasteiger partial charge in [0.25, 0.3) is 5.91 Å². The smallest absolute Gasteiger partial charge is 0.261 e. The average Bonchev–Trinajstić information content (AvgIpc) is 2.92. The van der Waals surface area contributed by atoms with Gasteiger partial charge in [-0.1, -0.05) is 18.2 Å². The first kappa shape index (κ1) is 13.7. The summed E-state index contributed by atoms with van der Waals surface area (Å²) in [5.74, 6) is 1.13. The minimum atomic E-state index is -0.449. The van der Waals surface area contributed by atoms with Crippen molar-refractivity contribution in [2.45, 2.75) is 30.9 Å². The van der Waals surface area contributed by atoms with Gasteiger partial charge < -0.3 is 14.8 Å². The molecule has 2 aliphatic heterocycles. The van der Waals surface area contributed by atoms with Crippen LogP contribution in [-0.4, -0.2) is 36.6 Å². The summed E-state index contributed by atoms with van der Waals surface area (Å²) in [4.78, 5) is 12.4. The third-order valence-corrected chi connectivity index (χ3v) is 4.55. The fraction of sp³-hybridized carbons (Fsp3) is 0.533. The summed E-state index contributed by atoms with van der Waals surface area (Å²) in [6.45, 7) is 1.28. The Labute approximate surface area is 123 Å². The summed E-state index contributed by atoms with van der Waals surface area (Å²) in [5, 5.41) is 3.08. The molecule has 108 valence electrons. The van der Waals surface area contributed by atoms with Gasteiger partial charge in [0.2, 0.25) is 0 Å². The number of hydrogen-bond acceptors (Lipinski definition) is 3. The first-order valence-corrected chi connectivity index (χ1v) is 7.46. The molecular weight excluding hydrogens is 278 g/mol. The number of amides is 1. The van der Waals surface area contributed by atoms with Crippen LogP contribution in [0, 0.1) is 0 Å². The van der Waals surface area contributed by atoms with E-state index in [1.807, 2.05) is 24.3 Å². The number of fused-ring (bicyclic) bond motifs is 1. The summed E-state index contributed by atoms with van der Waals surface area (Å²) in [6, 6.07) is 7.77. The van der Waals surface area contributed by atoms with Crippen molar-refractivity contribution in [1.29, 1.82) is 0 Å². The Morgan fingerprint density at radius 2 is 2.10 bits per heavy atom. The van der Waals surface area contributed by atoms with E-state index < -0.39 is 6.10 Å². The van der Waals surface area contributed by atoms with Crippen LogP contribution < -0.4 is 10.1 Å². The second-order valence-corrected chi connectivity index (χ2v) is 5.70. The molecule has 0 radical (unpaired) electrons. The molecule has 1 aromatic carbocycles. The topological polar surface area (TPSA) is 47.6 Å². The number of carbonyl (C=O) groups is 1. The van der Waals surface area contributed by atoms with Crippen LogP contribution in [0.2, 0.25) is 0 Å². The SMILES string of the molecule is O=C(NC1(CCl)CCOCC1)C1Cc2ccccc2O1. The van der Waals surface area contributed by atoms with Crippen molar-refractivity contribution < 1.29 is 14.3 Å². The third-order valence-electron chi connectivity index (χ3n) is 4.03. The molecule has 0 bridgehead atoms. The Kier molecular flexibility index (Phi) is 3.85. The molecule has 1 fully saturated rings. The summed E-state index contributed by atoms with van der Waals surface area (Å²) in [5.41, 5.74) is 0.731. The molecule has 20 heavy (non-hydrogen) atoms. The van der Waals surface area contributed by atoms with E-state index in [2.05, 4.69) is 5.32 Å². The van der Waals surface area contributed by atoms with E-state index in [0.717, 1.165) is 24.2 Å². The van der Waals surface area contributed by atoms with Gasteiger partial charge in [0, 0.05) is 25.5 Å². The maximum atomic E-state index is 12.4. The molecule has 3 rings (SSSR count). The van der Waals surface area contributed by atoms with Gasteiger partial charge in [-0.15, -0.1) is 11.6 Å². The van der Waals surface area contributed by atoms with E-state index in [9.17, 15) is 4.79 Å². The van der Waals surface area contributed by atoms with Gasteiger partial charge >= 0.3 is 0 Å². The van der Waals surface area contributed by atoms with E-state index >= 15 is 0 Å². The number of hydrogen-bond donors (Lipinski definition) is 1. The number of para-hydroxylation sites is 1. The number of rotatable bonds is 3. The predicted molar refractivity (Wildman–Crippen MR) is 76.2 cm³/mol. The van der Waals surface area contributed by atoms with Gasteiger partial charge in [0.15, 0.2) is 6.10 Å². The molecule has 1 unspecified atom stereocenters. The van der Waals surface area contributed by atoms with Crippen LogP contribution in [0.15, 0.2) is 24.3 Å². The highest BCUT2D eigenvalue weighted by Crippen LogP contribution is 2.29. The van der Waals surface area contributed by atoms with Gasteiger partial charge in [-0.2, -0.15) is 0 Å². The van der Waals surface area contributed by atoms with Gasteiger partial charge in [-0.3, -0.25) is 4.79 Å². The number of nitrogens with one attached hydrogen (secondary N) is 1. The molecule has 1 atom stereocenters. The van der Waals surface area contributed by atoms with Crippen molar-refractivity contribution in [2.75, 3.05) is 19.1 Å². The molecule has 0 saturated carbocycles. The number of carbonyl (C=O) groups excluding carboxylic acids is 1. The second kappa shape index (κ2) is 5.62. The second-order valence-electron chi connectivity index (χ2n) is 5.43. The van der Waals surface area contributed by atoms with Crippen molar-refractivity contribution in [3.05, 3.63) is 29.8 Å². The van der Waals surface area contributed by atoms with Crippen molar-refractivity contribution >= 4 is 17.5 Å². The summed E-state index contributed by atoms with van der Waals surface area (Å²) in [7, 11) is 0. The average molecular weight is 296 g/mol. The molecule has 1 aromatic rings. The predicted octanol–water partition coefficient (Wildman–Crippen LogP) is 1.89. The summed E-state index contributed by atoms with van der Waals surface area (Å²) < 4.78 is 11.1. The molecule has 1 saturated heterocycles. The molecule has 0 spiro atoms. The number of halogens is 1. The molecular formula is C15H18ClNO3. The molecule has 4 nitrogen and oxygen atoms in total.